The van der Waals surface area contributed by atoms with Gasteiger partial charge in [0.25, 0.3) is 0 Å². The number of nitrogens with two attached hydrogens (primary N) is 1. The van der Waals surface area contributed by atoms with Gasteiger partial charge in [0, 0.05) is 37.2 Å². The van der Waals surface area contributed by atoms with Crippen molar-refractivity contribution >= 4 is 17.7 Å². The fourth-order valence-corrected chi connectivity index (χ4v) is 2.67. The number of methoxy groups -OCH3 is 1. The molecule has 5 nitrogen and oxygen atoms in total. The first-order valence-electron chi connectivity index (χ1n) is 6.66. The highest BCUT2D eigenvalue weighted by molar-refractivity contribution is 6.31. The zero-order valence-corrected chi connectivity index (χ0v) is 12.3. The fourth-order valence-electron chi connectivity index (χ4n) is 2.41. The van der Waals surface area contributed by atoms with Crippen LogP contribution in [-0.4, -0.2) is 37.2 Å². The second-order valence-electron chi connectivity index (χ2n) is 4.99. The lowest BCUT2D eigenvalue weighted by atomic mass is 10.1. The largest absolute Gasteiger partial charge is 0.453 e. The molecule has 1 aliphatic rings. The van der Waals surface area contributed by atoms with E-state index in [2.05, 4.69) is 15.0 Å². The van der Waals surface area contributed by atoms with Gasteiger partial charge >= 0.3 is 6.09 Å². The summed E-state index contributed by atoms with van der Waals surface area (Å²) < 4.78 is 4.61. The summed E-state index contributed by atoms with van der Waals surface area (Å²) in [6.45, 7) is 3.02. The number of hydrogen-bond donors (Lipinski definition) is 2. The van der Waals surface area contributed by atoms with Crippen LogP contribution in [0.2, 0.25) is 5.02 Å². The van der Waals surface area contributed by atoms with Gasteiger partial charge in [-0.15, -0.1) is 0 Å². The molecule has 3 N–H and O–H groups in total. The number of alkyl carbamates (subject to hydrolysis) is 1. The topological polar surface area (TPSA) is 67.6 Å². The molecule has 0 spiro atoms. The minimum absolute atomic E-state index is 0.143. The summed E-state index contributed by atoms with van der Waals surface area (Å²) in [7, 11) is 1.38. The monoisotopic (exact) mass is 297 g/mol. The lowest BCUT2D eigenvalue weighted by Gasteiger charge is -2.17. The SMILES string of the molecule is COC(=O)NC1CCN(Cc2ccc(CN)cc2Cl)C1. The molecule has 0 bridgehead atoms. The van der Waals surface area contributed by atoms with Crippen LogP contribution in [0.4, 0.5) is 4.79 Å². The second-order valence-corrected chi connectivity index (χ2v) is 5.39. The molecule has 0 aromatic heterocycles. The number of rotatable bonds is 4. The molecular weight excluding hydrogens is 278 g/mol. The number of nitrogens with zero attached hydrogens (tertiary/aromatic N) is 1. The molecule has 0 radical (unpaired) electrons. The van der Waals surface area contributed by atoms with Crippen molar-refractivity contribution in [3.8, 4) is 0 Å². The van der Waals surface area contributed by atoms with Crippen molar-refractivity contribution in [3.05, 3.63) is 34.3 Å². The summed E-state index contributed by atoms with van der Waals surface area (Å²) in [6, 6.07) is 6.08. The third-order valence-electron chi connectivity index (χ3n) is 3.53. The number of amides is 1. The summed E-state index contributed by atoms with van der Waals surface area (Å²) in [6.07, 6.45) is 0.551. The predicted octanol–water partition coefficient (Wildman–Crippen LogP) is 1.73. The molecule has 2 rings (SSSR count). The molecular formula is C14H20ClN3O2. The third kappa shape index (κ3) is 3.85. The molecule has 1 aromatic rings. The Bertz CT molecular complexity index is 481. The van der Waals surface area contributed by atoms with Crippen LogP contribution in [0.5, 0.6) is 0 Å². The van der Waals surface area contributed by atoms with E-state index in [0.29, 0.717) is 6.54 Å². The summed E-state index contributed by atoms with van der Waals surface area (Å²) in [4.78, 5) is 13.4. The first-order chi connectivity index (χ1) is 9.62. The number of likely N-dealkylation sites (tertiary alicyclic amines) is 1. The first-order valence-corrected chi connectivity index (χ1v) is 7.04. The summed E-state index contributed by atoms with van der Waals surface area (Å²) >= 11 is 6.26. The van der Waals surface area contributed by atoms with Crippen LogP contribution in [0, 0.1) is 0 Å². The predicted molar refractivity (Wildman–Crippen MR) is 78.6 cm³/mol. The van der Waals surface area contributed by atoms with Crippen molar-refractivity contribution in [2.24, 2.45) is 5.73 Å². The maximum Gasteiger partial charge on any atom is 0.407 e. The normalized spacial score (nSPS) is 19.1. The molecule has 1 atom stereocenters. The Morgan fingerprint density at radius 1 is 1.60 bits per heavy atom. The lowest BCUT2D eigenvalue weighted by molar-refractivity contribution is 0.166. The molecule has 110 valence electrons. The van der Waals surface area contributed by atoms with Crippen LogP contribution in [0.1, 0.15) is 17.5 Å². The molecule has 0 saturated carbocycles. The van der Waals surface area contributed by atoms with E-state index in [1.54, 1.807) is 0 Å². The molecule has 1 saturated heterocycles. The molecule has 1 aliphatic heterocycles. The Hall–Kier alpha value is -1.30. The van der Waals surface area contributed by atoms with Gasteiger partial charge in [-0.1, -0.05) is 23.7 Å². The van der Waals surface area contributed by atoms with E-state index in [4.69, 9.17) is 17.3 Å². The van der Waals surface area contributed by atoms with Gasteiger partial charge in [-0.3, -0.25) is 4.90 Å². The number of benzene rings is 1. The number of halogens is 1. The van der Waals surface area contributed by atoms with E-state index in [9.17, 15) is 4.79 Å². The van der Waals surface area contributed by atoms with Crippen molar-refractivity contribution in [2.45, 2.75) is 25.6 Å². The van der Waals surface area contributed by atoms with Crippen molar-refractivity contribution in [1.82, 2.24) is 10.2 Å². The van der Waals surface area contributed by atoms with Crippen LogP contribution < -0.4 is 11.1 Å². The van der Waals surface area contributed by atoms with Gasteiger partial charge in [-0.25, -0.2) is 4.79 Å². The maximum atomic E-state index is 11.2. The van der Waals surface area contributed by atoms with Gasteiger partial charge in [-0.2, -0.15) is 0 Å². The molecule has 1 fully saturated rings. The number of ether oxygens (including phenoxy) is 1. The van der Waals surface area contributed by atoms with Gasteiger partial charge < -0.3 is 15.8 Å². The summed E-state index contributed by atoms with van der Waals surface area (Å²) in [5.41, 5.74) is 7.71. The number of nitrogens with one attached hydrogen (secondary N) is 1. The van der Waals surface area contributed by atoms with Gasteiger partial charge in [0.2, 0.25) is 0 Å². The van der Waals surface area contributed by atoms with Crippen LogP contribution in [-0.2, 0) is 17.8 Å². The highest BCUT2D eigenvalue weighted by Gasteiger charge is 2.24. The number of hydrogen-bond acceptors (Lipinski definition) is 4. The fraction of sp³-hybridized carbons (Fsp3) is 0.500. The summed E-state index contributed by atoms with van der Waals surface area (Å²) in [5, 5.41) is 3.57. The highest BCUT2D eigenvalue weighted by Crippen LogP contribution is 2.21. The minimum Gasteiger partial charge on any atom is -0.453 e. The molecule has 1 heterocycles. The Labute approximate surface area is 124 Å². The van der Waals surface area contributed by atoms with E-state index >= 15 is 0 Å². The van der Waals surface area contributed by atoms with Crippen molar-refractivity contribution in [3.63, 3.8) is 0 Å². The van der Waals surface area contributed by atoms with Crippen LogP contribution in [0.25, 0.3) is 0 Å². The molecule has 1 unspecified atom stereocenters. The highest BCUT2D eigenvalue weighted by atomic mass is 35.5. The average Bonchev–Trinajstić information content (AvgIpc) is 2.88. The minimum atomic E-state index is -0.373. The van der Waals surface area contributed by atoms with Crippen molar-refractivity contribution < 1.29 is 9.53 Å². The van der Waals surface area contributed by atoms with Crippen molar-refractivity contribution in [1.29, 1.82) is 0 Å². The second kappa shape index (κ2) is 6.92. The van der Waals surface area contributed by atoms with Crippen LogP contribution in [0.15, 0.2) is 18.2 Å². The third-order valence-corrected chi connectivity index (χ3v) is 3.88. The number of carbonyl (C=O) groups excluding carboxylic acids is 1. The standard InChI is InChI=1S/C14H20ClN3O2/c1-20-14(19)17-12-4-5-18(9-12)8-11-3-2-10(7-16)6-13(11)15/h2-3,6,12H,4-5,7-9,16H2,1H3,(H,17,19). The lowest BCUT2D eigenvalue weighted by Crippen LogP contribution is -2.36. The van der Waals surface area contributed by atoms with E-state index in [0.717, 1.165) is 42.2 Å². The Morgan fingerprint density at radius 3 is 3.05 bits per heavy atom. The summed E-state index contributed by atoms with van der Waals surface area (Å²) in [5.74, 6) is 0. The zero-order valence-electron chi connectivity index (χ0n) is 11.6. The van der Waals surface area contributed by atoms with Gasteiger partial charge in [0.1, 0.15) is 0 Å². The Balaban J connectivity index is 1.90. The average molecular weight is 298 g/mol. The van der Waals surface area contributed by atoms with Gasteiger partial charge in [-0.05, 0) is 23.6 Å². The first kappa shape index (κ1) is 15.1. The molecule has 1 aromatic carbocycles. The number of carbonyl (C=O) groups is 1. The van der Waals surface area contributed by atoms with E-state index in [-0.39, 0.29) is 12.1 Å². The molecule has 6 heteroatoms. The zero-order chi connectivity index (χ0) is 14.5. The van der Waals surface area contributed by atoms with Gasteiger partial charge in [0.05, 0.1) is 7.11 Å². The van der Waals surface area contributed by atoms with Gasteiger partial charge in [0.15, 0.2) is 0 Å². The van der Waals surface area contributed by atoms with Crippen LogP contribution >= 0.6 is 11.6 Å². The molecule has 0 aliphatic carbocycles. The molecule has 20 heavy (non-hydrogen) atoms. The Morgan fingerprint density at radius 2 is 2.40 bits per heavy atom. The maximum absolute atomic E-state index is 11.2. The van der Waals surface area contributed by atoms with E-state index in [1.165, 1.54) is 7.11 Å². The van der Waals surface area contributed by atoms with Crippen molar-refractivity contribution in [2.75, 3.05) is 20.2 Å². The smallest absolute Gasteiger partial charge is 0.407 e. The van der Waals surface area contributed by atoms with E-state index < -0.39 is 0 Å². The molecule has 1 amide bonds. The Kier molecular flexibility index (Phi) is 5.23. The van der Waals surface area contributed by atoms with Crippen LogP contribution in [0.3, 0.4) is 0 Å². The quantitative estimate of drug-likeness (QED) is 0.888. The van der Waals surface area contributed by atoms with E-state index in [1.807, 2.05) is 18.2 Å².